The Morgan fingerprint density at radius 1 is 0.524 bits per heavy atom. The first-order valence-corrected chi connectivity index (χ1v) is 18.5. The highest BCUT2D eigenvalue weighted by molar-refractivity contribution is 5.27. The van der Waals surface area contributed by atoms with E-state index in [0.717, 1.165) is 12.3 Å². The molecular formula is C38H71N3O. The van der Waals surface area contributed by atoms with Gasteiger partial charge in [-0.3, -0.25) is 9.80 Å². The molecule has 0 atom stereocenters. The third-order valence-electron chi connectivity index (χ3n) is 9.42. The lowest BCUT2D eigenvalue weighted by Gasteiger charge is -2.36. The number of unbranched alkanes of at least 4 members (excludes halogenated alkanes) is 18. The average Bonchev–Trinajstić information content (AvgIpc) is 3.02. The summed E-state index contributed by atoms with van der Waals surface area (Å²) >= 11 is 0. The van der Waals surface area contributed by atoms with Gasteiger partial charge >= 0.3 is 0 Å². The molecule has 0 saturated carbocycles. The van der Waals surface area contributed by atoms with Crippen LogP contribution >= 0.6 is 0 Å². The van der Waals surface area contributed by atoms with Gasteiger partial charge in [-0.05, 0) is 43.6 Å². The largest absolute Gasteiger partial charge is 0.497 e. The van der Waals surface area contributed by atoms with Gasteiger partial charge in [0.25, 0.3) is 0 Å². The Bertz CT molecular complexity index is 677. The molecule has 1 fully saturated rings. The zero-order chi connectivity index (χ0) is 29.9. The molecule has 1 aliphatic heterocycles. The molecule has 244 valence electrons. The number of piperazine rings is 1. The van der Waals surface area contributed by atoms with Gasteiger partial charge in [-0.15, -0.1) is 0 Å². The van der Waals surface area contributed by atoms with Crippen molar-refractivity contribution in [1.82, 2.24) is 14.7 Å². The van der Waals surface area contributed by atoms with Crippen molar-refractivity contribution >= 4 is 0 Å². The molecule has 2 rings (SSSR count). The van der Waals surface area contributed by atoms with Gasteiger partial charge in [0.1, 0.15) is 5.75 Å². The SMILES string of the molecule is CCCCCCCCCCCCN(CCCCCCCCCCCC)CCN1CCN(Cc2ccc(OC)cc2)CC1. The molecule has 0 aliphatic carbocycles. The second-order valence-corrected chi connectivity index (χ2v) is 13.2. The normalized spacial score (nSPS) is 14.7. The minimum absolute atomic E-state index is 0.948. The Hall–Kier alpha value is -1.10. The molecular weight excluding hydrogens is 514 g/mol. The Kier molecular flexibility index (Phi) is 23.2. The number of rotatable bonds is 28. The fourth-order valence-corrected chi connectivity index (χ4v) is 6.42. The van der Waals surface area contributed by atoms with Crippen LogP contribution in [0.15, 0.2) is 24.3 Å². The average molecular weight is 586 g/mol. The zero-order valence-electron chi connectivity index (χ0n) is 28.6. The number of hydrogen-bond acceptors (Lipinski definition) is 4. The van der Waals surface area contributed by atoms with Crippen LogP contribution in [-0.4, -0.2) is 74.2 Å². The van der Waals surface area contributed by atoms with Crippen molar-refractivity contribution in [1.29, 1.82) is 0 Å². The summed E-state index contributed by atoms with van der Waals surface area (Å²) in [7, 11) is 1.74. The molecule has 0 bridgehead atoms. The van der Waals surface area contributed by atoms with Gasteiger partial charge < -0.3 is 9.64 Å². The highest BCUT2D eigenvalue weighted by atomic mass is 16.5. The summed E-state index contributed by atoms with van der Waals surface area (Å²) in [5.41, 5.74) is 1.39. The maximum atomic E-state index is 5.32. The van der Waals surface area contributed by atoms with Gasteiger partial charge in [0.15, 0.2) is 0 Å². The van der Waals surface area contributed by atoms with E-state index in [1.54, 1.807) is 7.11 Å². The fourth-order valence-electron chi connectivity index (χ4n) is 6.42. The van der Waals surface area contributed by atoms with Crippen LogP contribution in [0, 0.1) is 0 Å². The maximum Gasteiger partial charge on any atom is 0.118 e. The van der Waals surface area contributed by atoms with Crippen LogP contribution in [0.25, 0.3) is 0 Å². The summed E-state index contributed by atoms with van der Waals surface area (Å²) in [6, 6.07) is 8.60. The summed E-state index contributed by atoms with van der Waals surface area (Å²) in [5, 5.41) is 0. The standard InChI is InChI=1S/C38H71N3O/c1-4-6-8-10-12-14-16-18-20-22-28-39(29-23-21-19-17-15-13-11-9-7-5-2)30-31-40-32-34-41(35-33-40)36-37-24-26-38(42-3)27-25-37/h24-27H,4-23,28-36H2,1-3H3. The van der Waals surface area contributed by atoms with Gasteiger partial charge in [-0.1, -0.05) is 142 Å². The molecule has 0 radical (unpaired) electrons. The maximum absolute atomic E-state index is 5.32. The molecule has 0 amide bonds. The molecule has 0 aromatic heterocycles. The minimum atomic E-state index is 0.948. The van der Waals surface area contributed by atoms with Crippen molar-refractivity contribution in [2.45, 2.75) is 149 Å². The number of methoxy groups -OCH3 is 1. The predicted molar refractivity (Wildman–Crippen MR) is 185 cm³/mol. The van der Waals surface area contributed by atoms with E-state index in [1.165, 1.54) is 186 Å². The highest BCUT2D eigenvalue weighted by Gasteiger charge is 2.18. The summed E-state index contributed by atoms with van der Waals surface area (Å²) in [6.45, 7) is 15.6. The topological polar surface area (TPSA) is 19.0 Å². The molecule has 42 heavy (non-hydrogen) atoms. The summed E-state index contributed by atoms with van der Waals surface area (Å²) in [4.78, 5) is 8.15. The van der Waals surface area contributed by atoms with Crippen LogP contribution in [0.4, 0.5) is 0 Å². The first kappa shape index (κ1) is 37.1. The molecule has 1 aromatic carbocycles. The molecule has 1 aliphatic rings. The molecule has 0 unspecified atom stereocenters. The van der Waals surface area contributed by atoms with Crippen molar-refractivity contribution in [3.05, 3.63) is 29.8 Å². The van der Waals surface area contributed by atoms with E-state index in [1.807, 2.05) is 0 Å². The van der Waals surface area contributed by atoms with E-state index in [9.17, 15) is 0 Å². The van der Waals surface area contributed by atoms with E-state index in [4.69, 9.17) is 4.74 Å². The van der Waals surface area contributed by atoms with Gasteiger partial charge in [0, 0.05) is 45.8 Å². The van der Waals surface area contributed by atoms with Crippen molar-refractivity contribution < 1.29 is 4.74 Å². The van der Waals surface area contributed by atoms with E-state index < -0.39 is 0 Å². The van der Waals surface area contributed by atoms with Crippen LogP contribution in [0.2, 0.25) is 0 Å². The van der Waals surface area contributed by atoms with Crippen molar-refractivity contribution in [3.63, 3.8) is 0 Å². The van der Waals surface area contributed by atoms with Gasteiger partial charge in [-0.2, -0.15) is 0 Å². The lowest BCUT2D eigenvalue weighted by atomic mass is 10.1. The summed E-state index contributed by atoms with van der Waals surface area (Å²) in [5.74, 6) is 0.948. The monoisotopic (exact) mass is 586 g/mol. The number of hydrogen-bond donors (Lipinski definition) is 0. The smallest absolute Gasteiger partial charge is 0.118 e. The molecule has 1 saturated heterocycles. The third kappa shape index (κ3) is 19.2. The van der Waals surface area contributed by atoms with E-state index in [-0.39, 0.29) is 0 Å². The molecule has 4 nitrogen and oxygen atoms in total. The second-order valence-electron chi connectivity index (χ2n) is 13.2. The van der Waals surface area contributed by atoms with Crippen LogP contribution < -0.4 is 4.74 Å². The predicted octanol–water partition coefficient (Wildman–Crippen LogP) is 9.96. The van der Waals surface area contributed by atoms with Crippen molar-refractivity contribution in [2.24, 2.45) is 0 Å². The van der Waals surface area contributed by atoms with Gasteiger partial charge in [0.2, 0.25) is 0 Å². The Balaban J connectivity index is 1.61. The Morgan fingerprint density at radius 2 is 0.929 bits per heavy atom. The molecule has 0 N–H and O–H groups in total. The fraction of sp³-hybridized carbons (Fsp3) is 0.842. The molecule has 4 heteroatoms. The second kappa shape index (κ2) is 26.3. The quantitative estimate of drug-likeness (QED) is 0.0911. The number of nitrogens with zero attached hydrogens (tertiary/aromatic N) is 3. The van der Waals surface area contributed by atoms with Crippen LogP contribution in [0.1, 0.15) is 148 Å². The Labute approximate surface area is 262 Å². The lowest BCUT2D eigenvalue weighted by molar-refractivity contribution is 0.113. The highest BCUT2D eigenvalue weighted by Crippen LogP contribution is 2.15. The first-order valence-electron chi connectivity index (χ1n) is 18.5. The van der Waals surface area contributed by atoms with Crippen molar-refractivity contribution in [3.8, 4) is 5.75 Å². The molecule has 0 spiro atoms. The van der Waals surface area contributed by atoms with Crippen LogP contribution in [-0.2, 0) is 6.54 Å². The number of benzene rings is 1. The third-order valence-corrected chi connectivity index (χ3v) is 9.42. The summed E-state index contributed by atoms with van der Waals surface area (Å²) in [6.07, 6.45) is 28.6. The zero-order valence-corrected chi connectivity index (χ0v) is 28.6. The molecule has 1 heterocycles. The van der Waals surface area contributed by atoms with Crippen LogP contribution in [0.5, 0.6) is 5.75 Å². The van der Waals surface area contributed by atoms with Crippen LogP contribution in [0.3, 0.4) is 0 Å². The lowest BCUT2D eigenvalue weighted by Crippen LogP contribution is -2.48. The number of ether oxygens (including phenoxy) is 1. The summed E-state index contributed by atoms with van der Waals surface area (Å²) < 4.78 is 5.32. The van der Waals surface area contributed by atoms with Gasteiger partial charge in [-0.25, -0.2) is 0 Å². The minimum Gasteiger partial charge on any atom is -0.497 e. The van der Waals surface area contributed by atoms with E-state index in [0.29, 0.717) is 0 Å². The van der Waals surface area contributed by atoms with E-state index >= 15 is 0 Å². The molecule has 1 aromatic rings. The first-order chi connectivity index (χ1) is 20.7. The van der Waals surface area contributed by atoms with Gasteiger partial charge in [0.05, 0.1) is 7.11 Å². The Morgan fingerprint density at radius 3 is 1.36 bits per heavy atom. The van der Waals surface area contributed by atoms with Crippen molar-refractivity contribution in [2.75, 3.05) is 59.5 Å². The van der Waals surface area contributed by atoms with E-state index in [2.05, 4.69) is 52.8 Å².